The minimum Gasteiger partial charge on any atom is -0.405 e. The number of rotatable bonds is 4. The van der Waals surface area contributed by atoms with Gasteiger partial charge < -0.3 is 15.6 Å². The molecule has 0 spiro atoms. The SMILES string of the molecule is CC[C@@H](O)[C@@H](N)c1cc(Br)ccc1OC(F)(F)F.Cl. The maximum absolute atomic E-state index is 12.2. The van der Waals surface area contributed by atoms with Crippen molar-refractivity contribution in [2.24, 2.45) is 5.73 Å². The van der Waals surface area contributed by atoms with Crippen LogP contribution in [-0.2, 0) is 0 Å². The number of nitrogens with two attached hydrogens (primary N) is 1. The molecule has 0 aliphatic heterocycles. The van der Waals surface area contributed by atoms with Gasteiger partial charge in [0.1, 0.15) is 5.75 Å². The van der Waals surface area contributed by atoms with Crippen LogP contribution < -0.4 is 10.5 Å². The molecular formula is C11H14BrClF3NO2. The molecule has 110 valence electrons. The number of aliphatic hydroxyl groups is 1. The van der Waals surface area contributed by atoms with E-state index in [2.05, 4.69) is 20.7 Å². The van der Waals surface area contributed by atoms with E-state index < -0.39 is 24.3 Å². The quantitative estimate of drug-likeness (QED) is 0.859. The Kier molecular flexibility index (Phi) is 7.13. The van der Waals surface area contributed by atoms with E-state index in [0.717, 1.165) is 6.07 Å². The number of hydrogen-bond acceptors (Lipinski definition) is 3. The second-order valence-electron chi connectivity index (χ2n) is 3.73. The van der Waals surface area contributed by atoms with E-state index in [4.69, 9.17) is 5.73 Å². The second-order valence-corrected chi connectivity index (χ2v) is 4.65. The zero-order valence-electron chi connectivity index (χ0n) is 9.95. The predicted molar refractivity (Wildman–Crippen MR) is 71.3 cm³/mol. The minimum absolute atomic E-state index is 0. The van der Waals surface area contributed by atoms with Crippen LogP contribution in [0, 0.1) is 0 Å². The van der Waals surface area contributed by atoms with E-state index in [-0.39, 0.29) is 18.0 Å². The van der Waals surface area contributed by atoms with E-state index >= 15 is 0 Å². The van der Waals surface area contributed by atoms with Crippen molar-refractivity contribution in [1.82, 2.24) is 0 Å². The van der Waals surface area contributed by atoms with Crippen molar-refractivity contribution in [3.05, 3.63) is 28.2 Å². The summed E-state index contributed by atoms with van der Waals surface area (Å²) in [5.74, 6) is -0.397. The van der Waals surface area contributed by atoms with Crippen molar-refractivity contribution >= 4 is 28.3 Å². The zero-order chi connectivity index (χ0) is 13.9. The third kappa shape index (κ3) is 5.56. The monoisotopic (exact) mass is 363 g/mol. The molecule has 0 bridgehead atoms. The number of benzene rings is 1. The molecule has 1 rings (SSSR count). The van der Waals surface area contributed by atoms with E-state index in [1.54, 1.807) is 6.92 Å². The smallest absolute Gasteiger partial charge is 0.405 e. The fourth-order valence-electron chi connectivity index (χ4n) is 1.46. The molecule has 0 aliphatic rings. The largest absolute Gasteiger partial charge is 0.573 e. The lowest BCUT2D eigenvalue weighted by molar-refractivity contribution is -0.275. The highest BCUT2D eigenvalue weighted by atomic mass is 79.9. The summed E-state index contributed by atoms with van der Waals surface area (Å²) in [6.45, 7) is 1.69. The summed E-state index contributed by atoms with van der Waals surface area (Å²) in [7, 11) is 0. The minimum atomic E-state index is -4.79. The van der Waals surface area contributed by atoms with Gasteiger partial charge in [-0.1, -0.05) is 22.9 Å². The summed E-state index contributed by atoms with van der Waals surface area (Å²) in [6.07, 6.45) is -5.40. The van der Waals surface area contributed by atoms with Crippen LogP contribution in [-0.4, -0.2) is 17.6 Å². The van der Waals surface area contributed by atoms with Crippen LogP contribution in [0.15, 0.2) is 22.7 Å². The van der Waals surface area contributed by atoms with Crippen LogP contribution in [0.25, 0.3) is 0 Å². The normalized spacial score (nSPS) is 14.5. The van der Waals surface area contributed by atoms with E-state index in [1.807, 2.05) is 0 Å². The van der Waals surface area contributed by atoms with Crippen LogP contribution >= 0.6 is 28.3 Å². The molecule has 0 radical (unpaired) electrons. The summed E-state index contributed by atoms with van der Waals surface area (Å²) in [6, 6.07) is 3.04. The van der Waals surface area contributed by atoms with Crippen LogP contribution in [0.5, 0.6) is 5.75 Å². The molecule has 0 saturated heterocycles. The van der Waals surface area contributed by atoms with Gasteiger partial charge in [0.25, 0.3) is 0 Å². The highest BCUT2D eigenvalue weighted by molar-refractivity contribution is 9.10. The Morgan fingerprint density at radius 3 is 2.47 bits per heavy atom. The number of alkyl halides is 3. The molecule has 2 atom stereocenters. The Morgan fingerprint density at radius 2 is 2.00 bits per heavy atom. The molecule has 3 N–H and O–H groups in total. The summed E-state index contributed by atoms with van der Waals surface area (Å²) in [5, 5.41) is 9.62. The lowest BCUT2D eigenvalue weighted by Crippen LogP contribution is -2.27. The second kappa shape index (κ2) is 7.33. The molecule has 0 fully saturated rings. The first kappa shape index (κ1) is 18.5. The van der Waals surface area contributed by atoms with Crippen LogP contribution in [0.2, 0.25) is 0 Å². The lowest BCUT2D eigenvalue weighted by atomic mass is 10.00. The van der Waals surface area contributed by atoms with Crippen molar-refractivity contribution in [2.75, 3.05) is 0 Å². The van der Waals surface area contributed by atoms with E-state index in [1.165, 1.54) is 12.1 Å². The van der Waals surface area contributed by atoms with Crippen LogP contribution in [0.1, 0.15) is 24.9 Å². The van der Waals surface area contributed by atoms with Crippen molar-refractivity contribution in [2.45, 2.75) is 31.9 Å². The van der Waals surface area contributed by atoms with Crippen LogP contribution in [0.4, 0.5) is 13.2 Å². The van der Waals surface area contributed by atoms with E-state index in [9.17, 15) is 18.3 Å². The molecule has 0 aliphatic carbocycles. The van der Waals surface area contributed by atoms with Gasteiger partial charge in [0.2, 0.25) is 0 Å². The van der Waals surface area contributed by atoms with Crippen molar-refractivity contribution < 1.29 is 23.0 Å². The van der Waals surface area contributed by atoms with Crippen molar-refractivity contribution in [3.63, 3.8) is 0 Å². The van der Waals surface area contributed by atoms with Gasteiger partial charge in [-0.05, 0) is 24.6 Å². The molecular weight excluding hydrogens is 350 g/mol. The first-order chi connectivity index (χ1) is 8.24. The fourth-order valence-corrected chi connectivity index (χ4v) is 1.84. The number of halogens is 5. The Morgan fingerprint density at radius 1 is 1.42 bits per heavy atom. The van der Waals surface area contributed by atoms with Gasteiger partial charge >= 0.3 is 6.36 Å². The maximum Gasteiger partial charge on any atom is 0.573 e. The van der Waals surface area contributed by atoms with Gasteiger partial charge in [-0.15, -0.1) is 25.6 Å². The Bertz CT molecular complexity index is 417. The standard InChI is InChI=1S/C11H13BrF3NO2.ClH/c1-2-8(17)10(16)7-5-6(12)3-4-9(7)18-11(13,14)15;/h3-5,8,10,17H,2,16H2,1H3;1H/t8-,10+;/m1./s1. The Balaban J connectivity index is 0.00000324. The van der Waals surface area contributed by atoms with Gasteiger partial charge in [-0.25, -0.2) is 0 Å². The first-order valence-electron chi connectivity index (χ1n) is 5.23. The summed E-state index contributed by atoms with van der Waals surface area (Å²) >= 11 is 3.14. The molecule has 0 heterocycles. The molecule has 19 heavy (non-hydrogen) atoms. The Labute approximate surface area is 123 Å². The zero-order valence-corrected chi connectivity index (χ0v) is 12.3. The average Bonchev–Trinajstić information content (AvgIpc) is 2.27. The highest BCUT2D eigenvalue weighted by Gasteiger charge is 2.33. The highest BCUT2D eigenvalue weighted by Crippen LogP contribution is 2.33. The van der Waals surface area contributed by atoms with Gasteiger partial charge in [0.15, 0.2) is 0 Å². The molecule has 0 aromatic heterocycles. The number of aliphatic hydroxyl groups excluding tert-OH is 1. The van der Waals surface area contributed by atoms with Gasteiger partial charge in [0.05, 0.1) is 12.1 Å². The topological polar surface area (TPSA) is 55.5 Å². The predicted octanol–water partition coefficient (Wildman–Crippen LogP) is 3.54. The third-order valence-electron chi connectivity index (χ3n) is 2.39. The molecule has 1 aromatic rings. The summed E-state index contributed by atoms with van der Waals surface area (Å²) in [4.78, 5) is 0. The first-order valence-corrected chi connectivity index (χ1v) is 6.02. The number of ether oxygens (including phenoxy) is 1. The third-order valence-corrected chi connectivity index (χ3v) is 2.88. The molecule has 0 saturated carbocycles. The molecule has 0 unspecified atom stereocenters. The lowest BCUT2D eigenvalue weighted by Gasteiger charge is -2.21. The van der Waals surface area contributed by atoms with E-state index in [0.29, 0.717) is 10.9 Å². The molecule has 3 nitrogen and oxygen atoms in total. The van der Waals surface area contributed by atoms with Gasteiger partial charge in [-0.3, -0.25) is 0 Å². The summed E-state index contributed by atoms with van der Waals surface area (Å²) in [5.41, 5.74) is 5.83. The molecule has 0 amide bonds. The number of hydrogen-bond donors (Lipinski definition) is 2. The summed E-state index contributed by atoms with van der Waals surface area (Å²) < 4.78 is 41.1. The Hall–Kier alpha value is -0.500. The van der Waals surface area contributed by atoms with Crippen LogP contribution in [0.3, 0.4) is 0 Å². The van der Waals surface area contributed by atoms with Crippen molar-refractivity contribution in [3.8, 4) is 5.75 Å². The maximum atomic E-state index is 12.2. The molecule has 8 heteroatoms. The van der Waals surface area contributed by atoms with Gasteiger partial charge in [-0.2, -0.15) is 0 Å². The van der Waals surface area contributed by atoms with Gasteiger partial charge in [0, 0.05) is 10.0 Å². The van der Waals surface area contributed by atoms with Crippen molar-refractivity contribution in [1.29, 1.82) is 0 Å². The average molecular weight is 365 g/mol. The fraction of sp³-hybridized carbons (Fsp3) is 0.455. The molecule has 1 aromatic carbocycles.